The molecule has 0 aliphatic carbocycles. The molecule has 3 aromatic carbocycles. The maximum absolute atomic E-state index is 13.7. The van der Waals surface area contributed by atoms with E-state index < -0.39 is 17.7 Å². The Balaban J connectivity index is 1.90. The molecular weight excluding hydrogens is 518 g/mol. The smallest absolute Gasteiger partial charge is 0.300 e. The number of aliphatic hydroxyl groups is 1. The topological polar surface area (TPSA) is 82.5 Å². The van der Waals surface area contributed by atoms with Gasteiger partial charge in [-0.3, -0.25) is 14.5 Å². The molecule has 4 rings (SSSR count). The van der Waals surface area contributed by atoms with Crippen LogP contribution in [0.15, 0.2) is 72.3 Å². The Hall–Kier alpha value is -4.46. The van der Waals surface area contributed by atoms with Crippen LogP contribution in [0.1, 0.15) is 44.9 Å². The number of ether oxygens (including phenoxy) is 2. The average Bonchev–Trinajstić information content (AvgIpc) is 3.24. The number of amides is 1. The lowest BCUT2D eigenvalue weighted by Gasteiger charge is -2.27. The van der Waals surface area contributed by atoms with E-state index in [0.717, 1.165) is 24.5 Å². The van der Waals surface area contributed by atoms with Crippen LogP contribution < -0.4 is 24.2 Å². The Morgan fingerprint density at radius 2 is 1.44 bits per heavy atom. The number of carbonyl (C=O) groups is 2. The minimum Gasteiger partial charge on any atom is -0.507 e. The van der Waals surface area contributed by atoms with Crippen molar-refractivity contribution in [3.05, 3.63) is 83.4 Å². The Kier molecular flexibility index (Phi) is 9.22. The number of hydrogen-bond donors (Lipinski definition) is 1. The summed E-state index contributed by atoms with van der Waals surface area (Å²) in [5, 5.41) is 11.7. The summed E-state index contributed by atoms with van der Waals surface area (Å²) in [4.78, 5) is 33.0. The van der Waals surface area contributed by atoms with Gasteiger partial charge in [0.1, 0.15) is 17.3 Å². The van der Waals surface area contributed by atoms with E-state index in [2.05, 4.69) is 18.7 Å². The minimum atomic E-state index is -0.841. The lowest BCUT2D eigenvalue weighted by atomic mass is 9.94. The van der Waals surface area contributed by atoms with E-state index in [0.29, 0.717) is 41.5 Å². The van der Waals surface area contributed by atoms with E-state index in [1.807, 2.05) is 81.4 Å². The van der Waals surface area contributed by atoms with E-state index in [4.69, 9.17) is 9.47 Å². The van der Waals surface area contributed by atoms with E-state index in [-0.39, 0.29) is 11.3 Å². The van der Waals surface area contributed by atoms with Crippen LogP contribution in [0, 0.1) is 0 Å². The van der Waals surface area contributed by atoms with Gasteiger partial charge >= 0.3 is 0 Å². The van der Waals surface area contributed by atoms with Crippen LogP contribution in [0.3, 0.4) is 0 Å². The first kappa shape index (κ1) is 29.5. The molecule has 0 saturated carbocycles. The van der Waals surface area contributed by atoms with Gasteiger partial charge in [0.05, 0.1) is 30.4 Å². The summed E-state index contributed by atoms with van der Waals surface area (Å²) in [6.07, 6.45) is 0. The van der Waals surface area contributed by atoms with Crippen LogP contribution in [0.25, 0.3) is 5.76 Å². The molecule has 216 valence electrons. The minimum absolute atomic E-state index is 0.00513. The molecule has 1 N–H and O–H groups in total. The van der Waals surface area contributed by atoms with Gasteiger partial charge in [0.25, 0.3) is 11.7 Å². The molecule has 41 heavy (non-hydrogen) atoms. The fraction of sp³-hybridized carbons (Fsp3) is 0.333. The molecule has 1 atom stereocenters. The third kappa shape index (κ3) is 5.87. The number of nitrogens with zero attached hydrogens (tertiary/aromatic N) is 3. The van der Waals surface area contributed by atoms with Gasteiger partial charge in [0.2, 0.25) is 0 Å². The van der Waals surface area contributed by atoms with Crippen molar-refractivity contribution in [1.82, 2.24) is 0 Å². The lowest BCUT2D eigenvalue weighted by Crippen LogP contribution is -2.29. The number of benzene rings is 3. The number of anilines is 3. The summed E-state index contributed by atoms with van der Waals surface area (Å²) >= 11 is 0. The highest BCUT2D eigenvalue weighted by molar-refractivity contribution is 6.51. The van der Waals surface area contributed by atoms with E-state index in [9.17, 15) is 14.7 Å². The summed E-state index contributed by atoms with van der Waals surface area (Å²) in [5.41, 5.74) is 3.59. The fourth-order valence-electron chi connectivity index (χ4n) is 5.16. The number of aliphatic hydroxyl groups excluding tert-OH is 1. The maximum Gasteiger partial charge on any atom is 0.300 e. The lowest BCUT2D eigenvalue weighted by molar-refractivity contribution is -0.132. The Labute approximate surface area is 242 Å². The number of ketones is 1. The van der Waals surface area contributed by atoms with Crippen molar-refractivity contribution in [2.24, 2.45) is 0 Å². The van der Waals surface area contributed by atoms with E-state index >= 15 is 0 Å². The molecule has 1 aliphatic rings. The second-order valence-electron chi connectivity index (χ2n) is 9.87. The zero-order chi connectivity index (χ0) is 29.7. The van der Waals surface area contributed by atoms with Gasteiger partial charge < -0.3 is 24.4 Å². The second kappa shape index (κ2) is 12.8. The van der Waals surface area contributed by atoms with Gasteiger partial charge in [0.15, 0.2) is 0 Å². The van der Waals surface area contributed by atoms with Gasteiger partial charge in [-0.2, -0.15) is 0 Å². The number of hydrogen-bond acceptors (Lipinski definition) is 7. The fourth-order valence-corrected chi connectivity index (χ4v) is 5.16. The monoisotopic (exact) mass is 557 g/mol. The van der Waals surface area contributed by atoms with Crippen molar-refractivity contribution in [3.8, 4) is 11.5 Å². The highest BCUT2D eigenvalue weighted by Crippen LogP contribution is 2.44. The van der Waals surface area contributed by atoms with Crippen molar-refractivity contribution < 1.29 is 24.2 Å². The van der Waals surface area contributed by atoms with Gasteiger partial charge in [0, 0.05) is 50.3 Å². The number of carbonyl (C=O) groups excluding carboxylic acids is 2. The largest absolute Gasteiger partial charge is 0.507 e. The molecule has 0 bridgehead atoms. The molecule has 0 spiro atoms. The quantitative estimate of drug-likeness (QED) is 0.175. The third-order valence-electron chi connectivity index (χ3n) is 7.25. The third-order valence-corrected chi connectivity index (χ3v) is 7.25. The summed E-state index contributed by atoms with van der Waals surface area (Å²) < 4.78 is 11.4. The summed E-state index contributed by atoms with van der Waals surface area (Å²) in [6.45, 7) is 10.4. The van der Waals surface area contributed by atoms with Crippen molar-refractivity contribution in [2.75, 3.05) is 55.1 Å². The van der Waals surface area contributed by atoms with Gasteiger partial charge in [-0.15, -0.1) is 0 Å². The van der Waals surface area contributed by atoms with Crippen molar-refractivity contribution in [1.29, 1.82) is 0 Å². The molecule has 8 heteroatoms. The molecular formula is C33H39N3O5. The van der Waals surface area contributed by atoms with Crippen LogP contribution in [-0.2, 0) is 9.59 Å². The highest BCUT2D eigenvalue weighted by atomic mass is 16.5. The molecule has 0 radical (unpaired) electrons. The van der Waals surface area contributed by atoms with Gasteiger partial charge in [-0.25, -0.2) is 0 Å². The Bertz CT molecular complexity index is 1410. The van der Waals surface area contributed by atoms with Crippen molar-refractivity contribution >= 4 is 34.5 Å². The zero-order valence-corrected chi connectivity index (χ0v) is 24.7. The summed E-state index contributed by atoms with van der Waals surface area (Å²) in [6, 6.07) is 19.5. The predicted octanol–water partition coefficient (Wildman–Crippen LogP) is 6.02. The standard InChI is InChI=1S/C33H39N3O5/c1-7-35(8-2)24-15-17-25(18-16-24)36-30(22-11-13-23(14-12-22)34(5)6)29(32(38)33(36)39)31(37)27-20-19-26(40-9-3)21-28(27)41-10-4/h11-21,30,37H,7-10H2,1-6H3/b31-29-. The number of rotatable bonds is 11. The summed E-state index contributed by atoms with van der Waals surface area (Å²) in [7, 11) is 3.89. The van der Waals surface area contributed by atoms with Crippen LogP contribution in [0.4, 0.5) is 17.1 Å². The first-order valence-corrected chi connectivity index (χ1v) is 14.1. The SMILES string of the molecule is CCOc1ccc(/C(O)=C2/C(=O)C(=O)N(c3ccc(N(CC)CC)cc3)C2c2ccc(N(C)C)cc2)c(OCC)c1. The molecule has 1 heterocycles. The van der Waals surface area contributed by atoms with Gasteiger partial charge in [-0.05, 0) is 81.8 Å². The Morgan fingerprint density at radius 3 is 2.00 bits per heavy atom. The molecule has 1 aliphatic heterocycles. The molecule has 0 aromatic heterocycles. The molecule has 1 fully saturated rings. The summed E-state index contributed by atoms with van der Waals surface area (Å²) in [5.74, 6) is -0.802. The maximum atomic E-state index is 13.7. The average molecular weight is 558 g/mol. The molecule has 1 saturated heterocycles. The first-order chi connectivity index (χ1) is 19.7. The van der Waals surface area contributed by atoms with Crippen LogP contribution in [0.5, 0.6) is 11.5 Å². The van der Waals surface area contributed by atoms with E-state index in [1.54, 1.807) is 18.2 Å². The van der Waals surface area contributed by atoms with Crippen LogP contribution >= 0.6 is 0 Å². The van der Waals surface area contributed by atoms with Crippen LogP contribution in [-0.4, -0.2) is 57.2 Å². The predicted molar refractivity (Wildman–Crippen MR) is 164 cm³/mol. The highest BCUT2D eigenvalue weighted by Gasteiger charge is 2.47. The molecule has 1 unspecified atom stereocenters. The second-order valence-corrected chi connectivity index (χ2v) is 9.87. The van der Waals surface area contributed by atoms with Crippen molar-refractivity contribution in [2.45, 2.75) is 33.7 Å². The number of Topliss-reactive ketones (excluding diaryl/α,β-unsaturated/α-hetero) is 1. The van der Waals surface area contributed by atoms with Crippen molar-refractivity contribution in [3.63, 3.8) is 0 Å². The van der Waals surface area contributed by atoms with Gasteiger partial charge in [-0.1, -0.05) is 12.1 Å². The van der Waals surface area contributed by atoms with Crippen LogP contribution in [0.2, 0.25) is 0 Å². The van der Waals surface area contributed by atoms with E-state index in [1.165, 1.54) is 4.90 Å². The first-order valence-electron chi connectivity index (χ1n) is 14.1. The molecule has 3 aromatic rings. The molecule has 8 nitrogen and oxygen atoms in total. The zero-order valence-electron chi connectivity index (χ0n) is 24.7. The normalized spacial score (nSPS) is 16.1. The Morgan fingerprint density at radius 1 is 0.829 bits per heavy atom. The molecule has 1 amide bonds.